The number of nitrogens with one attached hydrogen (secondary N) is 1. The Hall–Kier alpha value is -1.29. The van der Waals surface area contributed by atoms with E-state index in [2.05, 4.69) is 5.32 Å². The van der Waals surface area contributed by atoms with Gasteiger partial charge in [0.05, 0.1) is 7.11 Å². The van der Waals surface area contributed by atoms with Crippen molar-refractivity contribution in [1.82, 2.24) is 9.88 Å². The van der Waals surface area contributed by atoms with Crippen molar-refractivity contribution in [2.45, 2.75) is 26.4 Å². The smallest absolute Gasteiger partial charge is 0.323 e. The third-order valence-electron chi connectivity index (χ3n) is 2.54. The van der Waals surface area contributed by atoms with Crippen LogP contribution in [0.15, 0.2) is 18.5 Å². The molecular formula is C12H20N2O2. The molecule has 1 unspecified atom stereocenters. The molecule has 0 saturated heterocycles. The highest BCUT2D eigenvalue weighted by atomic mass is 16.5. The minimum atomic E-state index is -0.245. The lowest BCUT2D eigenvalue weighted by Crippen LogP contribution is -2.41. The van der Waals surface area contributed by atoms with Crippen LogP contribution in [0.1, 0.15) is 19.4 Å². The molecule has 0 aliphatic heterocycles. The molecule has 0 bridgehead atoms. The Morgan fingerprint density at radius 3 is 2.69 bits per heavy atom. The first-order valence-electron chi connectivity index (χ1n) is 5.46. The lowest BCUT2D eigenvalue weighted by Gasteiger charge is -2.19. The SMILES string of the molecule is COC(=O)C(NCc1ccn(C)c1)C(C)C. The third kappa shape index (κ3) is 3.38. The maximum atomic E-state index is 11.5. The minimum Gasteiger partial charge on any atom is -0.468 e. The molecule has 4 heteroatoms. The summed E-state index contributed by atoms with van der Waals surface area (Å²) >= 11 is 0. The van der Waals surface area contributed by atoms with E-state index >= 15 is 0 Å². The third-order valence-corrected chi connectivity index (χ3v) is 2.54. The maximum absolute atomic E-state index is 11.5. The van der Waals surface area contributed by atoms with Crippen molar-refractivity contribution in [3.8, 4) is 0 Å². The monoisotopic (exact) mass is 224 g/mol. The maximum Gasteiger partial charge on any atom is 0.323 e. The molecule has 1 heterocycles. The normalized spacial score (nSPS) is 12.8. The van der Waals surface area contributed by atoms with Crippen LogP contribution in [-0.4, -0.2) is 23.7 Å². The van der Waals surface area contributed by atoms with Crippen LogP contribution in [0.25, 0.3) is 0 Å². The summed E-state index contributed by atoms with van der Waals surface area (Å²) in [6, 6.07) is 1.78. The van der Waals surface area contributed by atoms with Crippen molar-refractivity contribution < 1.29 is 9.53 Å². The van der Waals surface area contributed by atoms with Crippen LogP contribution in [0.2, 0.25) is 0 Å². The van der Waals surface area contributed by atoms with Crippen molar-refractivity contribution in [3.63, 3.8) is 0 Å². The summed E-state index contributed by atoms with van der Waals surface area (Å²) in [5.74, 6) is 0.0158. The van der Waals surface area contributed by atoms with Crippen LogP contribution in [0.5, 0.6) is 0 Å². The Bertz CT molecular complexity index is 345. The highest BCUT2D eigenvalue weighted by molar-refractivity contribution is 5.75. The number of ether oxygens (including phenoxy) is 1. The quantitative estimate of drug-likeness (QED) is 0.767. The van der Waals surface area contributed by atoms with Gasteiger partial charge < -0.3 is 14.6 Å². The highest BCUT2D eigenvalue weighted by Gasteiger charge is 2.21. The van der Waals surface area contributed by atoms with Gasteiger partial charge in [-0.1, -0.05) is 13.8 Å². The molecule has 0 amide bonds. The topological polar surface area (TPSA) is 43.3 Å². The van der Waals surface area contributed by atoms with Crippen LogP contribution in [0.4, 0.5) is 0 Å². The predicted octanol–water partition coefficient (Wildman–Crippen LogP) is 1.31. The molecule has 0 radical (unpaired) electrons. The van der Waals surface area contributed by atoms with Crippen molar-refractivity contribution >= 4 is 5.97 Å². The molecule has 1 aromatic heterocycles. The Kier molecular flexibility index (Phi) is 4.55. The van der Waals surface area contributed by atoms with E-state index in [0.29, 0.717) is 6.54 Å². The van der Waals surface area contributed by atoms with E-state index in [1.807, 2.05) is 43.9 Å². The molecule has 0 fully saturated rings. The Labute approximate surface area is 96.6 Å². The van der Waals surface area contributed by atoms with Crippen molar-refractivity contribution in [2.24, 2.45) is 13.0 Å². The number of nitrogens with zero attached hydrogens (tertiary/aromatic N) is 1. The average molecular weight is 224 g/mol. The summed E-state index contributed by atoms with van der Waals surface area (Å²) in [5, 5.41) is 3.21. The fourth-order valence-electron chi connectivity index (χ4n) is 1.61. The summed E-state index contributed by atoms with van der Waals surface area (Å²) in [5.41, 5.74) is 1.16. The van der Waals surface area contributed by atoms with Crippen LogP contribution in [0, 0.1) is 5.92 Å². The van der Waals surface area contributed by atoms with Crippen molar-refractivity contribution in [1.29, 1.82) is 0 Å². The Balaban J connectivity index is 2.53. The number of aryl methyl sites for hydroxylation is 1. The second-order valence-electron chi connectivity index (χ2n) is 4.31. The Morgan fingerprint density at radius 2 is 2.25 bits per heavy atom. The molecule has 1 aromatic rings. The van der Waals surface area contributed by atoms with E-state index in [0.717, 1.165) is 5.56 Å². The summed E-state index contributed by atoms with van der Waals surface area (Å²) < 4.78 is 6.75. The zero-order valence-corrected chi connectivity index (χ0v) is 10.4. The second kappa shape index (κ2) is 5.70. The molecule has 1 atom stereocenters. The van der Waals surface area contributed by atoms with Crippen LogP contribution >= 0.6 is 0 Å². The van der Waals surface area contributed by atoms with Gasteiger partial charge >= 0.3 is 5.97 Å². The lowest BCUT2D eigenvalue weighted by molar-refractivity contribution is -0.144. The molecule has 1 rings (SSSR count). The van der Waals surface area contributed by atoms with E-state index in [1.165, 1.54) is 7.11 Å². The summed E-state index contributed by atoms with van der Waals surface area (Å²) in [7, 11) is 3.39. The van der Waals surface area contributed by atoms with Gasteiger partial charge in [0, 0.05) is 26.0 Å². The van der Waals surface area contributed by atoms with Gasteiger partial charge in [-0.25, -0.2) is 0 Å². The molecule has 0 aliphatic rings. The molecule has 0 aliphatic carbocycles. The Morgan fingerprint density at radius 1 is 1.56 bits per heavy atom. The van der Waals surface area contributed by atoms with Crippen LogP contribution in [-0.2, 0) is 23.1 Å². The van der Waals surface area contributed by atoms with E-state index in [1.54, 1.807) is 0 Å². The van der Waals surface area contributed by atoms with Crippen LogP contribution < -0.4 is 5.32 Å². The summed E-state index contributed by atoms with van der Waals surface area (Å²) in [6.45, 7) is 4.68. The largest absolute Gasteiger partial charge is 0.468 e. The van der Waals surface area contributed by atoms with E-state index < -0.39 is 0 Å². The molecule has 0 aromatic carbocycles. The molecule has 1 N–H and O–H groups in total. The molecular weight excluding hydrogens is 204 g/mol. The second-order valence-corrected chi connectivity index (χ2v) is 4.31. The zero-order chi connectivity index (χ0) is 12.1. The summed E-state index contributed by atoms with van der Waals surface area (Å²) in [4.78, 5) is 11.5. The van der Waals surface area contributed by atoms with Gasteiger partial charge in [-0.05, 0) is 17.5 Å². The molecule has 16 heavy (non-hydrogen) atoms. The molecule has 0 spiro atoms. The number of esters is 1. The first kappa shape index (κ1) is 12.8. The minimum absolute atomic E-state index is 0.203. The fraction of sp³-hybridized carbons (Fsp3) is 0.583. The standard InChI is InChI=1S/C12H20N2O2/c1-9(2)11(12(15)16-4)13-7-10-5-6-14(3)8-10/h5-6,8-9,11,13H,7H2,1-4H3. The molecule has 0 saturated carbocycles. The van der Waals surface area contributed by atoms with Crippen molar-refractivity contribution in [3.05, 3.63) is 24.0 Å². The van der Waals surface area contributed by atoms with Gasteiger partial charge in [-0.2, -0.15) is 0 Å². The van der Waals surface area contributed by atoms with E-state index in [-0.39, 0.29) is 17.9 Å². The highest BCUT2D eigenvalue weighted by Crippen LogP contribution is 2.06. The molecule has 4 nitrogen and oxygen atoms in total. The fourth-order valence-corrected chi connectivity index (χ4v) is 1.61. The number of hydrogen-bond acceptors (Lipinski definition) is 3. The van der Waals surface area contributed by atoms with Gasteiger partial charge in [-0.3, -0.25) is 4.79 Å². The van der Waals surface area contributed by atoms with Gasteiger partial charge in [0.2, 0.25) is 0 Å². The first-order chi connectivity index (χ1) is 7.54. The van der Waals surface area contributed by atoms with Crippen molar-refractivity contribution in [2.75, 3.05) is 7.11 Å². The molecule has 90 valence electrons. The van der Waals surface area contributed by atoms with E-state index in [4.69, 9.17) is 4.74 Å². The van der Waals surface area contributed by atoms with Crippen LogP contribution in [0.3, 0.4) is 0 Å². The predicted molar refractivity (Wildman–Crippen MR) is 62.9 cm³/mol. The number of rotatable bonds is 5. The number of aromatic nitrogens is 1. The van der Waals surface area contributed by atoms with Gasteiger partial charge in [0.25, 0.3) is 0 Å². The van der Waals surface area contributed by atoms with Gasteiger partial charge in [0.15, 0.2) is 0 Å². The van der Waals surface area contributed by atoms with Gasteiger partial charge in [-0.15, -0.1) is 0 Å². The number of carbonyl (C=O) groups excluding carboxylic acids is 1. The number of methoxy groups -OCH3 is 1. The summed E-state index contributed by atoms with van der Waals surface area (Å²) in [6.07, 6.45) is 4.02. The zero-order valence-electron chi connectivity index (χ0n) is 10.4. The first-order valence-corrected chi connectivity index (χ1v) is 5.46. The average Bonchev–Trinajstić information content (AvgIpc) is 2.63. The number of hydrogen-bond donors (Lipinski definition) is 1. The van der Waals surface area contributed by atoms with Gasteiger partial charge in [0.1, 0.15) is 6.04 Å². The van der Waals surface area contributed by atoms with E-state index in [9.17, 15) is 4.79 Å². The lowest BCUT2D eigenvalue weighted by atomic mass is 10.0. The number of carbonyl (C=O) groups is 1.